The average molecular weight is 282 g/mol. The monoisotopic (exact) mass is 281 g/mol. The molecule has 1 aromatic rings. The van der Waals surface area contributed by atoms with Crippen molar-refractivity contribution in [2.75, 3.05) is 20.3 Å². The number of benzene rings is 1. The van der Waals surface area contributed by atoms with Crippen LogP contribution in [0.4, 0.5) is 0 Å². The van der Waals surface area contributed by atoms with Gasteiger partial charge in [0, 0.05) is 31.7 Å². The Morgan fingerprint density at radius 2 is 2.26 bits per heavy atom. The van der Waals surface area contributed by atoms with Crippen molar-refractivity contribution < 1.29 is 9.53 Å². The molecule has 0 radical (unpaired) electrons. The first-order valence-corrected chi connectivity index (χ1v) is 7.15. The highest BCUT2D eigenvalue weighted by molar-refractivity contribution is 6.17. The Morgan fingerprint density at radius 3 is 2.89 bits per heavy atom. The minimum absolute atomic E-state index is 0.0179. The van der Waals surface area contributed by atoms with Gasteiger partial charge in [-0.05, 0) is 42.4 Å². The molecule has 1 aliphatic carbocycles. The summed E-state index contributed by atoms with van der Waals surface area (Å²) in [6.07, 6.45) is 3.38. The van der Waals surface area contributed by atoms with Gasteiger partial charge in [0.05, 0.1) is 0 Å². The standard InChI is InChI=1S/C15H20ClNO2/c1-19-8-7-15(5-6-15)11-17-14(18)13-4-2-3-12(9-13)10-16/h2-4,9H,5-8,10-11H2,1H3,(H,17,18). The molecule has 0 unspecified atom stereocenters. The van der Waals surface area contributed by atoms with Crippen molar-refractivity contribution in [1.29, 1.82) is 0 Å². The van der Waals surface area contributed by atoms with Gasteiger partial charge >= 0.3 is 0 Å². The van der Waals surface area contributed by atoms with Crippen molar-refractivity contribution in [3.05, 3.63) is 35.4 Å². The summed E-state index contributed by atoms with van der Waals surface area (Å²) in [4.78, 5) is 12.1. The predicted octanol–water partition coefficient (Wildman–Crippen LogP) is 2.97. The number of carbonyl (C=O) groups is 1. The van der Waals surface area contributed by atoms with Crippen LogP contribution in [-0.2, 0) is 10.6 Å². The third-order valence-corrected chi connectivity index (χ3v) is 4.07. The number of methoxy groups -OCH3 is 1. The third kappa shape index (κ3) is 3.95. The smallest absolute Gasteiger partial charge is 0.251 e. The second-order valence-corrected chi connectivity index (χ2v) is 5.53. The van der Waals surface area contributed by atoms with Gasteiger partial charge in [-0.1, -0.05) is 12.1 Å². The molecule has 0 spiro atoms. The van der Waals surface area contributed by atoms with Gasteiger partial charge in [0.2, 0.25) is 0 Å². The van der Waals surface area contributed by atoms with E-state index in [0.717, 1.165) is 25.1 Å². The Morgan fingerprint density at radius 1 is 1.47 bits per heavy atom. The van der Waals surface area contributed by atoms with Crippen molar-refractivity contribution in [2.24, 2.45) is 5.41 Å². The molecule has 1 aromatic carbocycles. The Labute approximate surface area is 119 Å². The Kier molecular flexibility index (Phi) is 4.83. The molecule has 2 rings (SSSR count). The molecule has 0 atom stereocenters. The molecule has 0 aliphatic heterocycles. The van der Waals surface area contributed by atoms with E-state index in [-0.39, 0.29) is 11.3 Å². The van der Waals surface area contributed by atoms with Gasteiger partial charge in [-0.2, -0.15) is 0 Å². The van der Waals surface area contributed by atoms with Gasteiger partial charge in [0.15, 0.2) is 0 Å². The molecule has 19 heavy (non-hydrogen) atoms. The van der Waals surface area contributed by atoms with Crippen LogP contribution in [0.3, 0.4) is 0 Å². The van der Waals surface area contributed by atoms with Crippen molar-refractivity contribution in [1.82, 2.24) is 5.32 Å². The Balaban J connectivity index is 1.87. The van der Waals surface area contributed by atoms with Crippen LogP contribution < -0.4 is 5.32 Å². The quantitative estimate of drug-likeness (QED) is 0.781. The lowest BCUT2D eigenvalue weighted by Crippen LogP contribution is -2.30. The van der Waals surface area contributed by atoms with E-state index < -0.39 is 0 Å². The van der Waals surface area contributed by atoms with Crippen molar-refractivity contribution >= 4 is 17.5 Å². The molecule has 0 saturated heterocycles. The summed E-state index contributed by atoms with van der Waals surface area (Å²) >= 11 is 5.77. The number of nitrogens with one attached hydrogen (secondary N) is 1. The minimum atomic E-state index is -0.0179. The second kappa shape index (κ2) is 6.40. The third-order valence-electron chi connectivity index (χ3n) is 3.76. The van der Waals surface area contributed by atoms with Crippen molar-refractivity contribution in [2.45, 2.75) is 25.1 Å². The van der Waals surface area contributed by atoms with Gasteiger partial charge in [-0.3, -0.25) is 4.79 Å². The lowest BCUT2D eigenvalue weighted by molar-refractivity contribution is 0.0938. The fourth-order valence-corrected chi connectivity index (χ4v) is 2.34. The first-order valence-electron chi connectivity index (χ1n) is 6.61. The lowest BCUT2D eigenvalue weighted by atomic mass is 10.0. The molecule has 1 fully saturated rings. The van der Waals surface area contributed by atoms with E-state index in [9.17, 15) is 4.79 Å². The number of amides is 1. The topological polar surface area (TPSA) is 38.3 Å². The molecular formula is C15H20ClNO2. The maximum absolute atomic E-state index is 12.1. The minimum Gasteiger partial charge on any atom is -0.385 e. The first-order chi connectivity index (χ1) is 9.19. The molecule has 1 aliphatic rings. The summed E-state index contributed by atoms with van der Waals surface area (Å²) < 4.78 is 5.11. The summed E-state index contributed by atoms with van der Waals surface area (Å²) in [6.45, 7) is 1.50. The number of halogens is 1. The largest absolute Gasteiger partial charge is 0.385 e. The van der Waals surface area contributed by atoms with Crippen LogP contribution in [0.25, 0.3) is 0 Å². The van der Waals surface area contributed by atoms with Crippen LogP contribution in [0.1, 0.15) is 35.2 Å². The number of hydrogen-bond acceptors (Lipinski definition) is 2. The molecule has 1 amide bonds. The molecule has 104 valence electrons. The highest BCUT2D eigenvalue weighted by Crippen LogP contribution is 2.48. The molecule has 1 saturated carbocycles. The number of hydrogen-bond donors (Lipinski definition) is 1. The van der Waals surface area contributed by atoms with Crippen molar-refractivity contribution in [3.8, 4) is 0 Å². The summed E-state index contributed by atoms with van der Waals surface area (Å²) in [5.74, 6) is 0.412. The maximum atomic E-state index is 12.1. The van der Waals surface area contributed by atoms with E-state index in [1.807, 2.05) is 24.3 Å². The predicted molar refractivity (Wildman–Crippen MR) is 76.5 cm³/mol. The maximum Gasteiger partial charge on any atom is 0.251 e. The van der Waals surface area contributed by atoms with E-state index in [1.54, 1.807) is 7.11 Å². The summed E-state index contributed by atoms with van der Waals surface area (Å²) in [7, 11) is 1.71. The molecule has 1 N–H and O–H groups in total. The van der Waals surface area contributed by atoms with Crippen LogP contribution in [0, 0.1) is 5.41 Å². The van der Waals surface area contributed by atoms with E-state index in [1.165, 1.54) is 12.8 Å². The SMILES string of the molecule is COCCC1(CNC(=O)c2cccc(CCl)c2)CC1. The first kappa shape index (κ1) is 14.4. The van der Waals surface area contributed by atoms with E-state index in [0.29, 0.717) is 11.4 Å². The molecule has 0 heterocycles. The zero-order valence-electron chi connectivity index (χ0n) is 11.2. The highest BCUT2D eigenvalue weighted by Gasteiger charge is 2.42. The summed E-state index contributed by atoms with van der Waals surface area (Å²) in [6, 6.07) is 7.45. The zero-order chi connectivity index (χ0) is 13.7. The molecule has 4 heteroatoms. The Bertz CT molecular complexity index is 444. The molecule has 0 bridgehead atoms. The molecule has 0 aromatic heterocycles. The number of alkyl halides is 1. The molecule has 3 nitrogen and oxygen atoms in total. The van der Waals surface area contributed by atoms with Gasteiger partial charge in [0.25, 0.3) is 5.91 Å². The van der Waals surface area contributed by atoms with E-state index >= 15 is 0 Å². The second-order valence-electron chi connectivity index (χ2n) is 5.26. The fraction of sp³-hybridized carbons (Fsp3) is 0.533. The van der Waals surface area contributed by atoms with E-state index in [2.05, 4.69) is 5.32 Å². The highest BCUT2D eigenvalue weighted by atomic mass is 35.5. The van der Waals surface area contributed by atoms with Gasteiger partial charge in [-0.15, -0.1) is 11.6 Å². The van der Waals surface area contributed by atoms with Crippen LogP contribution in [0.15, 0.2) is 24.3 Å². The fourth-order valence-electron chi connectivity index (χ4n) is 2.18. The van der Waals surface area contributed by atoms with Gasteiger partial charge in [-0.25, -0.2) is 0 Å². The normalized spacial score (nSPS) is 16.1. The van der Waals surface area contributed by atoms with Gasteiger partial charge in [0.1, 0.15) is 0 Å². The average Bonchev–Trinajstić information content (AvgIpc) is 3.23. The molecular weight excluding hydrogens is 262 g/mol. The van der Waals surface area contributed by atoms with Crippen molar-refractivity contribution in [3.63, 3.8) is 0 Å². The number of ether oxygens (including phenoxy) is 1. The zero-order valence-corrected chi connectivity index (χ0v) is 12.0. The number of rotatable bonds is 7. The van der Waals surface area contributed by atoms with E-state index in [4.69, 9.17) is 16.3 Å². The van der Waals surface area contributed by atoms with Crippen LogP contribution in [-0.4, -0.2) is 26.2 Å². The Hall–Kier alpha value is -1.06. The lowest BCUT2D eigenvalue weighted by Gasteiger charge is -2.15. The van der Waals surface area contributed by atoms with Gasteiger partial charge < -0.3 is 10.1 Å². The number of carbonyl (C=O) groups excluding carboxylic acids is 1. The summed E-state index contributed by atoms with van der Waals surface area (Å²) in [5.41, 5.74) is 1.92. The van der Waals surface area contributed by atoms with Crippen LogP contribution in [0.2, 0.25) is 0 Å². The van der Waals surface area contributed by atoms with Crippen LogP contribution in [0.5, 0.6) is 0 Å². The summed E-state index contributed by atoms with van der Waals surface area (Å²) in [5, 5.41) is 3.02. The van der Waals surface area contributed by atoms with Crippen LogP contribution >= 0.6 is 11.6 Å².